The Morgan fingerprint density at radius 1 is 0.741 bits per heavy atom. The molecular formula is C38H48N4O10S2. The van der Waals surface area contributed by atoms with Crippen LogP contribution < -0.4 is 30.8 Å². The van der Waals surface area contributed by atoms with Gasteiger partial charge in [0.05, 0.1) is 49.4 Å². The lowest BCUT2D eigenvalue weighted by molar-refractivity contribution is 0.0490. The molecule has 0 atom stereocenters. The van der Waals surface area contributed by atoms with Gasteiger partial charge in [-0.25, -0.2) is 36.7 Å². The van der Waals surface area contributed by atoms with Gasteiger partial charge in [0.2, 0.25) is 20.0 Å². The van der Waals surface area contributed by atoms with Crippen LogP contribution in [0.3, 0.4) is 0 Å². The zero-order chi connectivity index (χ0) is 56.3. The van der Waals surface area contributed by atoms with Crippen LogP contribution >= 0.6 is 0 Å². The van der Waals surface area contributed by atoms with Crippen LogP contribution in [-0.4, -0.2) is 48.5 Å². The molecule has 4 rings (SSSR count). The molecule has 0 radical (unpaired) electrons. The van der Waals surface area contributed by atoms with Crippen molar-refractivity contribution < 1.29 is 71.4 Å². The fourth-order valence-electron chi connectivity index (χ4n) is 3.89. The highest BCUT2D eigenvalue weighted by Gasteiger charge is 2.25. The molecule has 16 heteroatoms. The SMILES string of the molecule is [2H]c1c([2H])c([2H])c(Oc2c(N)cc(C(=O)OCCCC)cc2S(N)(=O)=O)c([2H])c1[2H].[2H]c1c([2H])c([2H])c(Oc2c(NC([2H])([2H])C([2H])([2H])C([2H])([2H])C([2H])([2H])[2H])cc(C(=O)OCCCC)cc2S(N)(=O)=O)c([2H])c1[2H]. The highest BCUT2D eigenvalue weighted by molar-refractivity contribution is 7.89. The Hall–Kier alpha value is -5.16. The van der Waals surface area contributed by atoms with Crippen molar-refractivity contribution in [1.82, 2.24) is 0 Å². The van der Waals surface area contributed by atoms with Crippen LogP contribution in [0, 0.1) is 0 Å². The molecular weight excluding hydrogens is 737 g/mol. The van der Waals surface area contributed by atoms with Gasteiger partial charge in [-0.2, -0.15) is 0 Å². The molecule has 0 amide bonds. The highest BCUT2D eigenvalue weighted by Crippen LogP contribution is 2.38. The molecule has 0 aromatic heterocycles. The number of carbonyl (C=O) groups excluding carboxylic acids is 2. The molecule has 7 N–H and O–H groups in total. The Morgan fingerprint density at radius 3 is 1.67 bits per heavy atom. The van der Waals surface area contributed by atoms with E-state index in [4.69, 9.17) is 61.0 Å². The number of anilines is 2. The number of nitrogen functional groups attached to an aromatic ring is 1. The molecule has 0 aliphatic heterocycles. The van der Waals surface area contributed by atoms with Crippen molar-refractivity contribution in [3.05, 3.63) is 95.8 Å². The molecule has 54 heavy (non-hydrogen) atoms. The van der Waals surface area contributed by atoms with Crippen molar-refractivity contribution in [2.45, 2.75) is 68.9 Å². The molecule has 0 aliphatic rings. The van der Waals surface area contributed by atoms with Crippen LogP contribution in [-0.2, 0) is 29.5 Å². The number of para-hydroxylation sites is 2. The van der Waals surface area contributed by atoms with Crippen LogP contribution in [0.2, 0.25) is 0 Å². The third-order valence-corrected chi connectivity index (χ3v) is 8.20. The monoisotopic (exact) mass is 803 g/mol. The summed E-state index contributed by atoms with van der Waals surface area (Å²) in [4.78, 5) is 23.1. The summed E-state index contributed by atoms with van der Waals surface area (Å²) in [6, 6.07) is -4.71. The topological polar surface area (TPSA) is 229 Å². The molecule has 0 saturated carbocycles. The van der Waals surface area contributed by atoms with Gasteiger partial charge in [0.25, 0.3) is 0 Å². The van der Waals surface area contributed by atoms with E-state index in [9.17, 15) is 26.4 Å². The fourth-order valence-corrected chi connectivity index (χ4v) is 5.30. The summed E-state index contributed by atoms with van der Waals surface area (Å²) in [6.45, 7) is -3.73. The second kappa shape index (κ2) is 20.9. The summed E-state index contributed by atoms with van der Waals surface area (Å²) in [7, 11) is -9.44. The van der Waals surface area contributed by atoms with Crippen LogP contribution in [0.1, 0.15) is 106 Å². The Morgan fingerprint density at radius 2 is 1.20 bits per heavy atom. The van der Waals surface area contributed by atoms with E-state index >= 15 is 0 Å². The first-order chi connectivity index (χ1) is 33.2. The molecule has 0 saturated heterocycles. The number of esters is 2. The molecule has 0 spiro atoms. The number of rotatable bonds is 18. The minimum Gasteiger partial charge on any atom is -0.462 e. The van der Waals surface area contributed by atoms with Gasteiger partial charge in [-0.1, -0.05) is 76.2 Å². The van der Waals surface area contributed by atoms with Gasteiger partial charge in [0.1, 0.15) is 21.3 Å². The minimum atomic E-state index is -4.96. The van der Waals surface area contributed by atoms with Crippen molar-refractivity contribution in [2.75, 3.05) is 30.8 Å². The molecule has 4 aromatic carbocycles. The quantitative estimate of drug-likeness (QED) is 0.0455. The number of primary sulfonamides is 2. The second-order valence-electron chi connectivity index (χ2n) is 10.4. The molecule has 0 unspecified atom stereocenters. The average molecular weight is 804 g/mol. The zero-order valence-corrected chi connectivity index (χ0v) is 30.3. The molecule has 14 nitrogen and oxygen atoms in total. The van der Waals surface area contributed by atoms with E-state index in [0.29, 0.717) is 31.4 Å². The van der Waals surface area contributed by atoms with E-state index in [-0.39, 0.29) is 24.5 Å². The first kappa shape index (κ1) is 22.9. The van der Waals surface area contributed by atoms with E-state index in [1.807, 2.05) is 12.2 Å². The van der Waals surface area contributed by atoms with E-state index in [1.165, 1.54) is 0 Å². The van der Waals surface area contributed by atoms with Gasteiger partial charge in [-0.15, -0.1) is 0 Å². The largest absolute Gasteiger partial charge is 0.462 e. The Balaban J connectivity index is 0.000000410. The number of sulfonamides is 2. The lowest BCUT2D eigenvalue weighted by Crippen LogP contribution is -2.17. The maximum Gasteiger partial charge on any atom is 0.338 e. The number of unbranched alkanes of at least 4 members (excludes halogenated alkanes) is 2. The predicted octanol–water partition coefficient (Wildman–Crippen LogP) is 6.96. The van der Waals surface area contributed by atoms with E-state index < -0.39 is 163 Å². The van der Waals surface area contributed by atoms with Crippen LogP contribution in [0.5, 0.6) is 23.0 Å². The number of ether oxygens (including phenoxy) is 4. The predicted molar refractivity (Wildman–Crippen MR) is 207 cm³/mol. The summed E-state index contributed by atoms with van der Waals surface area (Å²) in [6.07, 6.45) is -5.36. The Bertz CT molecular complexity index is 2960. The smallest absolute Gasteiger partial charge is 0.338 e. The third-order valence-electron chi connectivity index (χ3n) is 6.37. The lowest BCUT2D eigenvalue weighted by atomic mass is 10.1. The average Bonchev–Trinajstić information content (AvgIpc) is 3.28. The second-order valence-corrected chi connectivity index (χ2v) is 13.5. The highest BCUT2D eigenvalue weighted by atomic mass is 32.2. The summed E-state index contributed by atoms with van der Waals surface area (Å²) in [5, 5.41) is 12.4. The van der Waals surface area contributed by atoms with Gasteiger partial charge < -0.3 is 30.0 Å². The van der Waals surface area contributed by atoms with Gasteiger partial charge in [0, 0.05) is 18.8 Å². The number of hydrogen-bond donors (Lipinski definition) is 4. The summed E-state index contributed by atoms with van der Waals surface area (Å²) < 4.78 is 219. The van der Waals surface area contributed by atoms with E-state index in [1.54, 1.807) is 6.92 Å². The number of hydrogen-bond acceptors (Lipinski definition) is 12. The first-order valence-electron chi connectivity index (χ1n) is 25.0. The van der Waals surface area contributed by atoms with Crippen molar-refractivity contribution in [1.29, 1.82) is 0 Å². The standard InChI is InChI=1S/C21H28N2O5S.C17H20N2O5S/c1-3-5-12-23-18-14-16(21(24)27-13-6-4-2)15-19(29(22,25)26)20(18)28-17-10-8-7-9-11-17;1-2-3-9-23-17(20)12-10-14(18)16(15(11-12)25(19,21)22)24-13-7-5-4-6-8-13/h7-11,14-15,23H,3-6,12-13H2,1-2H3,(H2,22,25,26);4-8,10-11H,2-3,9,18H2,1H3,(H2,19,21,22)/i1D3,3D2,5D2,7D,8D,9D,10D,11D,12D2;4D,5D,6D,7D,8D. The van der Waals surface area contributed by atoms with Gasteiger partial charge in [-0.05, 0) is 67.6 Å². The third kappa shape index (κ3) is 13.4. The maximum absolute atomic E-state index is 12.7. The van der Waals surface area contributed by atoms with Crippen molar-refractivity contribution in [3.63, 3.8) is 0 Å². The first-order valence-corrected chi connectivity index (χ1v) is 18.6. The zero-order valence-electron chi connectivity index (χ0n) is 47.7. The molecule has 0 fully saturated rings. The van der Waals surface area contributed by atoms with Crippen molar-refractivity contribution in [2.24, 2.45) is 10.3 Å². The van der Waals surface area contributed by atoms with Gasteiger partial charge in [-0.3, -0.25) is 0 Å². The number of nitrogens with one attached hydrogen (secondary N) is 1. The van der Waals surface area contributed by atoms with Crippen molar-refractivity contribution in [3.8, 4) is 23.0 Å². The Labute approximate surface area is 343 Å². The minimum absolute atomic E-state index is 0.119. The molecule has 292 valence electrons. The van der Waals surface area contributed by atoms with Crippen molar-refractivity contribution >= 4 is 43.4 Å². The molecule has 0 aliphatic carbocycles. The number of carbonyl (C=O) groups is 2. The summed E-state index contributed by atoms with van der Waals surface area (Å²) >= 11 is 0. The summed E-state index contributed by atoms with van der Waals surface area (Å²) in [5.41, 5.74) is 3.76. The summed E-state index contributed by atoms with van der Waals surface area (Å²) in [5.74, 6) is -5.25. The maximum atomic E-state index is 12.7. The van der Waals surface area contributed by atoms with Crippen LogP contribution in [0.25, 0.3) is 0 Å². The number of benzene rings is 4. The van der Waals surface area contributed by atoms with Gasteiger partial charge in [0.15, 0.2) is 11.5 Å². The van der Waals surface area contributed by atoms with E-state index in [0.717, 1.165) is 18.6 Å². The lowest BCUT2D eigenvalue weighted by Gasteiger charge is -2.17. The fraction of sp³-hybridized carbons (Fsp3) is 0.316. The van der Waals surface area contributed by atoms with Gasteiger partial charge >= 0.3 is 11.9 Å². The molecule has 4 aromatic rings. The van der Waals surface area contributed by atoms with E-state index in [2.05, 4.69) is 0 Å². The Kier molecular flexibility index (Phi) is 8.88. The normalized spacial score (nSPS) is 17.2. The van der Waals surface area contributed by atoms with Crippen LogP contribution in [0.15, 0.2) is 94.5 Å². The molecule has 0 bridgehead atoms. The number of nitrogens with two attached hydrogens (primary N) is 3. The molecule has 0 heterocycles. The van der Waals surface area contributed by atoms with Crippen LogP contribution in [0.4, 0.5) is 11.4 Å².